The predicted octanol–water partition coefficient (Wildman–Crippen LogP) is 4.72. The third-order valence-electron chi connectivity index (χ3n) is 3.68. The summed E-state index contributed by atoms with van der Waals surface area (Å²) < 4.78 is 21.4. The van der Waals surface area contributed by atoms with Crippen molar-refractivity contribution in [1.29, 1.82) is 0 Å². The van der Waals surface area contributed by atoms with Crippen LogP contribution in [-0.4, -0.2) is 25.2 Å². The van der Waals surface area contributed by atoms with Crippen molar-refractivity contribution in [3.8, 4) is 23.0 Å². The van der Waals surface area contributed by atoms with Gasteiger partial charge in [0.25, 0.3) is 0 Å². The predicted molar refractivity (Wildman–Crippen MR) is 109 cm³/mol. The minimum Gasteiger partial charge on any atom is -0.494 e. The van der Waals surface area contributed by atoms with E-state index in [0.717, 1.165) is 12.8 Å². The summed E-state index contributed by atoms with van der Waals surface area (Å²) >= 11 is 0. The Hall–Kier alpha value is -3.28. The van der Waals surface area contributed by atoms with Crippen LogP contribution in [0.1, 0.15) is 33.1 Å². The molecule has 0 N–H and O–H groups in total. The maximum absolute atomic E-state index is 12.1. The summed E-state index contributed by atoms with van der Waals surface area (Å²) in [6, 6.07) is 13.4. The quantitative estimate of drug-likeness (QED) is 0.310. The van der Waals surface area contributed by atoms with Crippen LogP contribution in [0.5, 0.6) is 23.0 Å². The summed E-state index contributed by atoms with van der Waals surface area (Å²) in [7, 11) is 0. The summed E-state index contributed by atoms with van der Waals surface area (Å²) in [5.74, 6) is 0.814. The summed E-state index contributed by atoms with van der Waals surface area (Å²) in [6.07, 6.45) is 1.54. The van der Waals surface area contributed by atoms with Crippen LogP contribution in [0.2, 0.25) is 0 Å². The number of benzene rings is 2. The van der Waals surface area contributed by atoms with Gasteiger partial charge in [0, 0.05) is 5.57 Å². The number of ether oxygens (including phenoxy) is 4. The van der Waals surface area contributed by atoms with Crippen LogP contribution >= 0.6 is 0 Å². The zero-order chi connectivity index (χ0) is 21.1. The molecule has 0 aliphatic rings. The van der Waals surface area contributed by atoms with E-state index < -0.39 is 11.9 Å². The number of carbonyl (C=O) groups excluding carboxylic acids is 2. The first kappa shape index (κ1) is 22.0. The molecule has 0 aromatic heterocycles. The van der Waals surface area contributed by atoms with Gasteiger partial charge in [0.05, 0.1) is 19.6 Å². The van der Waals surface area contributed by atoms with Gasteiger partial charge in [0.2, 0.25) is 0 Å². The van der Waals surface area contributed by atoms with Crippen LogP contribution in [0.4, 0.5) is 0 Å². The van der Waals surface area contributed by atoms with Gasteiger partial charge in [0.15, 0.2) is 0 Å². The molecule has 6 heteroatoms. The summed E-state index contributed by atoms with van der Waals surface area (Å²) in [4.78, 5) is 24.2. The smallest absolute Gasteiger partial charge is 0.339 e. The van der Waals surface area contributed by atoms with Crippen molar-refractivity contribution in [2.45, 2.75) is 33.1 Å². The Kier molecular flexibility index (Phi) is 8.76. The van der Waals surface area contributed by atoms with E-state index in [2.05, 4.69) is 6.58 Å². The van der Waals surface area contributed by atoms with Gasteiger partial charge in [-0.05, 0) is 61.4 Å². The topological polar surface area (TPSA) is 71.1 Å². The molecule has 6 nitrogen and oxygen atoms in total. The Labute approximate surface area is 171 Å². The van der Waals surface area contributed by atoms with Crippen molar-refractivity contribution in [2.75, 3.05) is 13.2 Å². The van der Waals surface area contributed by atoms with Crippen molar-refractivity contribution in [1.82, 2.24) is 0 Å². The molecule has 0 unspecified atom stereocenters. The van der Waals surface area contributed by atoms with E-state index in [9.17, 15) is 9.59 Å². The molecule has 0 radical (unpaired) electrons. The molecule has 154 valence electrons. The normalized spacial score (nSPS) is 10.1. The van der Waals surface area contributed by atoms with Gasteiger partial charge < -0.3 is 18.9 Å². The largest absolute Gasteiger partial charge is 0.494 e. The summed E-state index contributed by atoms with van der Waals surface area (Å²) in [6.45, 7) is 8.89. The molecular formula is C23H26O6. The molecule has 2 aromatic carbocycles. The summed E-state index contributed by atoms with van der Waals surface area (Å²) in [5, 5.41) is 0. The van der Waals surface area contributed by atoms with E-state index in [1.165, 1.54) is 0 Å². The van der Waals surface area contributed by atoms with Crippen LogP contribution in [0.25, 0.3) is 0 Å². The maximum Gasteiger partial charge on any atom is 0.339 e. The number of hydrogen-bond acceptors (Lipinski definition) is 6. The number of rotatable bonds is 11. The lowest BCUT2D eigenvalue weighted by Gasteiger charge is -2.09. The minimum atomic E-state index is -0.688. The maximum atomic E-state index is 12.1. The van der Waals surface area contributed by atoms with Crippen LogP contribution in [0, 0.1) is 0 Å². The second-order valence-electron chi connectivity index (χ2n) is 6.28. The monoisotopic (exact) mass is 398 g/mol. The lowest BCUT2D eigenvalue weighted by molar-refractivity contribution is -0.136. The van der Waals surface area contributed by atoms with Crippen molar-refractivity contribution < 1.29 is 28.5 Å². The van der Waals surface area contributed by atoms with Crippen molar-refractivity contribution in [3.63, 3.8) is 0 Å². The molecule has 0 amide bonds. The Bertz CT molecular complexity index is 808. The molecule has 0 saturated carbocycles. The number of hydrogen-bond donors (Lipinski definition) is 0. The Morgan fingerprint density at radius 3 is 1.59 bits per heavy atom. The van der Waals surface area contributed by atoms with Crippen LogP contribution < -0.4 is 18.9 Å². The highest BCUT2D eigenvalue weighted by Crippen LogP contribution is 2.20. The standard InChI is InChI=1S/C23H26O6/c1-4-14-26-18-6-10-20(11-7-18)28-22(24)16-17(3)23(25)29-21-12-8-19(9-13-21)27-15-5-2/h6-13H,3-5,14-16H2,1-2H3. The van der Waals surface area contributed by atoms with Crippen LogP contribution in [0.15, 0.2) is 60.7 Å². The van der Waals surface area contributed by atoms with E-state index in [-0.39, 0.29) is 12.0 Å². The van der Waals surface area contributed by atoms with Crippen LogP contribution in [0.3, 0.4) is 0 Å². The number of esters is 2. The second-order valence-corrected chi connectivity index (χ2v) is 6.28. The first-order valence-electron chi connectivity index (χ1n) is 9.58. The van der Waals surface area contributed by atoms with E-state index >= 15 is 0 Å². The molecule has 2 aromatic rings. The van der Waals surface area contributed by atoms with Crippen molar-refractivity contribution in [2.24, 2.45) is 0 Å². The number of carbonyl (C=O) groups is 2. The van der Waals surface area contributed by atoms with E-state index in [4.69, 9.17) is 18.9 Å². The molecule has 0 aliphatic carbocycles. The Balaban J connectivity index is 1.80. The summed E-state index contributed by atoms with van der Waals surface area (Å²) in [5.41, 5.74) is 0.00390. The Morgan fingerprint density at radius 1 is 0.724 bits per heavy atom. The fourth-order valence-corrected chi connectivity index (χ4v) is 2.24. The van der Waals surface area contributed by atoms with Gasteiger partial charge in [-0.1, -0.05) is 20.4 Å². The third-order valence-corrected chi connectivity index (χ3v) is 3.68. The fraction of sp³-hybridized carbons (Fsp3) is 0.304. The van der Waals surface area contributed by atoms with Gasteiger partial charge in [-0.25, -0.2) is 4.79 Å². The third kappa shape index (κ3) is 7.70. The van der Waals surface area contributed by atoms with Gasteiger partial charge in [-0.2, -0.15) is 0 Å². The molecule has 0 bridgehead atoms. The van der Waals surface area contributed by atoms with Crippen LogP contribution in [-0.2, 0) is 9.59 Å². The average Bonchev–Trinajstić information content (AvgIpc) is 2.72. The fourth-order valence-electron chi connectivity index (χ4n) is 2.24. The highest BCUT2D eigenvalue weighted by Gasteiger charge is 2.16. The lowest BCUT2D eigenvalue weighted by Crippen LogP contribution is -2.16. The zero-order valence-corrected chi connectivity index (χ0v) is 16.8. The van der Waals surface area contributed by atoms with Gasteiger partial charge >= 0.3 is 11.9 Å². The molecular weight excluding hydrogens is 372 g/mol. The van der Waals surface area contributed by atoms with E-state index in [1.54, 1.807) is 48.5 Å². The van der Waals surface area contributed by atoms with E-state index in [0.29, 0.717) is 36.2 Å². The first-order valence-corrected chi connectivity index (χ1v) is 9.58. The molecule has 0 aliphatic heterocycles. The van der Waals surface area contributed by atoms with Crippen molar-refractivity contribution in [3.05, 3.63) is 60.7 Å². The van der Waals surface area contributed by atoms with Gasteiger partial charge in [-0.15, -0.1) is 0 Å². The molecule has 0 atom stereocenters. The first-order chi connectivity index (χ1) is 14.0. The van der Waals surface area contributed by atoms with Gasteiger partial charge in [0.1, 0.15) is 23.0 Å². The SMILES string of the molecule is C=C(CC(=O)Oc1ccc(OCCC)cc1)C(=O)Oc1ccc(OCCC)cc1. The lowest BCUT2D eigenvalue weighted by atomic mass is 10.2. The van der Waals surface area contributed by atoms with Crippen molar-refractivity contribution >= 4 is 11.9 Å². The Morgan fingerprint density at radius 2 is 1.14 bits per heavy atom. The molecule has 2 rings (SSSR count). The molecule has 29 heavy (non-hydrogen) atoms. The molecule has 0 spiro atoms. The molecule has 0 saturated heterocycles. The highest BCUT2D eigenvalue weighted by molar-refractivity contribution is 5.94. The minimum absolute atomic E-state index is 0.00390. The average molecular weight is 398 g/mol. The molecule has 0 fully saturated rings. The molecule has 0 heterocycles. The zero-order valence-electron chi connectivity index (χ0n) is 16.8. The second kappa shape index (κ2) is 11.5. The van der Waals surface area contributed by atoms with Gasteiger partial charge in [-0.3, -0.25) is 4.79 Å². The van der Waals surface area contributed by atoms with E-state index in [1.807, 2.05) is 13.8 Å². The highest BCUT2D eigenvalue weighted by atomic mass is 16.5.